The van der Waals surface area contributed by atoms with Gasteiger partial charge in [0.25, 0.3) is 0 Å². The van der Waals surface area contributed by atoms with Gasteiger partial charge in [-0.05, 0) is 43.9 Å². The van der Waals surface area contributed by atoms with E-state index in [0.29, 0.717) is 18.8 Å². The Kier molecular flexibility index (Phi) is 5.69. The van der Waals surface area contributed by atoms with Gasteiger partial charge in [0, 0.05) is 42.7 Å². The number of nitrogens with one attached hydrogen (secondary N) is 1. The molecule has 1 fully saturated rings. The smallest absolute Gasteiger partial charge is 0.352 e. The maximum Gasteiger partial charge on any atom is 0.352 e. The van der Waals surface area contributed by atoms with Crippen LogP contribution in [0.4, 0.5) is 0 Å². The van der Waals surface area contributed by atoms with E-state index in [1.807, 2.05) is 28.8 Å². The fourth-order valence-corrected chi connectivity index (χ4v) is 4.27. The molecular formula is C24H28N2O3. The van der Waals surface area contributed by atoms with Crippen molar-refractivity contribution in [3.8, 4) is 0 Å². The van der Waals surface area contributed by atoms with Crippen LogP contribution in [-0.2, 0) is 17.8 Å². The van der Waals surface area contributed by atoms with Crippen LogP contribution in [-0.4, -0.2) is 34.9 Å². The molecule has 2 heterocycles. The molecule has 1 atom stereocenters. The predicted molar refractivity (Wildman–Crippen MR) is 115 cm³/mol. The lowest BCUT2D eigenvalue weighted by atomic mass is 10.1. The van der Waals surface area contributed by atoms with Gasteiger partial charge in [-0.1, -0.05) is 42.0 Å². The molecule has 0 bridgehead atoms. The van der Waals surface area contributed by atoms with E-state index in [0.717, 1.165) is 48.0 Å². The number of carboxylic acids is 1. The van der Waals surface area contributed by atoms with E-state index in [2.05, 4.69) is 37.4 Å². The van der Waals surface area contributed by atoms with Gasteiger partial charge >= 0.3 is 5.97 Å². The number of ether oxygens (including phenoxy) is 1. The van der Waals surface area contributed by atoms with E-state index >= 15 is 0 Å². The Morgan fingerprint density at radius 2 is 2.07 bits per heavy atom. The van der Waals surface area contributed by atoms with E-state index < -0.39 is 5.97 Å². The van der Waals surface area contributed by atoms with Crippen LogP contribution in [0.3, 0.4) is 0 Å². The number of aromatic carboxylic acids is 1. The van der Waals surface area contributed by atoms with E-state index in [9.17, 15) is 9.90 Å². The maximum atomic E-state index is 12.3. The summed E-state index contributed by atoms with van der Waals surface area (Å²) in [7, 11) is 0. The number of hydrogen-bond donors (Lipinski definition) is 2. The lowest BCUT2D eigenvalue weighted by Gasteiger charge is -2.13. The van der Waals surface area contributed by atoms with Crippen LogP contribution in [0, 0.1) is 13.8 Å². The molecule has 0 saturated carbocycles. The average molecular weight is 392 g/mol. The largest absolute Gasteiger partial charge is 0.477 e. The fraction of sp³-hybridized carbons (Fsp3) is 0.375. The molecule has 29 heavy (non-hydrogen) atoms. The Labute approximate surface area is 171 Å². The van der Waals surface area contributed by atoms with Crippen LogP contribution in [0.15, 0.2) is 42.5 Å². The Balaban J connectivity index is 1.72. The van der Waals surface area contributed by atoms with Crippen molar-refractivity contribution in [3.63, 3.8) is 0 Å². The number of benzene rings is 2. The topological polar surface area (TPSA) is 63.5 Å². The van der Waals surface area contributed by atoms with Crippen LogP contribution in [0.5, 0.6) is 0 Å². The molecule has 4 rings (SSSR count). The quantitative estimate of drug-likeness (QED) is 0.630. The molecule has 2 N–H and O–H groups in total. The number of aromatic nitrogens is 1. The number of para-hydroxylation sites is 1. The molecule has 5 nitrogen and oxygen atoms in total. The minimum Gasteiger partial charge on any atom is -0.477 e. The molecular weight excluding hydrogens is 364 g/mol. The molecule has 1 saturated heterocycles. The molecule has 152 valence electrons. The number of carboxylic acid groups (broad SMARTS) is 1. The second kappa shape index (κ2) is 8.39. The number of nitrogens with zero attached hydrogens (tertiary/aromatic N) is 1. The highest BCUT2D eigenvalue weighted by molar-refractivity contribution is 5.98. The molecule has 1 aromatic heterocycles. The summed E-state index contributed by atoms with van der Waals surface area (Å²) >= 11 is 0. The van der Waals surface area contributed by atoms with E-state index in [-0.39, 0.29) is 6.10 Å². The SMILES string of the molecule is Cc1ccc(C)c(Cn2c(C(=O)O)c(CNC[C@H]3CCCO3)c3ccccc32)c1. The third-order valence-electron chi connectivity index (χ3n) is 5.81. The van der Waals surface area contributed by atoms with Crippen LogP contribution in [0.2, 0.25) is 0 Å². The molecule has 2 aromatic carbocycles. The summed E-state index contributed by atoms with van der Waals surface area (Å²) in [6, 6.07) is 14.3. The van der Waals surface area contributed by atoms with Crippen LogP contribution < -0.4 is 5.32 Å². The highest BCUT2D eigenvalue weighted by Crippen LogP contribution is 2.28. The summed E-state index contributed by atoms with van der Waals surface area (Å²) in [6.07, 6.45) is 2.39. The van der Waals surface area contributed by atoms with Gasteiger partial charge in [0.15, 0.2) is 0 Å². The van der Waals surface area contributed by atoms with Crippen molar-refractivity contribution in [1.82, 2.24) is 9.88 Å². The zero-order valence-corrected chi connectivity index (χ0v) is 17.1. The zero-order chi connectivity index (χ0) is 20.4. The lowest BCUT2D eigenvalue weighted by Crippen LogP contribution is -2.26. The molecule has 1 aliphatic rings. The van der Waals surface area contributed by atoms with E-state index in [4.69, 9.17) is 4.74 Å². The van der Waals surface area contributed by atoms with Gasteiger partial charge in [0.2, 0.25) is 0 Å². The Bertz CT molecular complexity index is 1030. The Hall–Kier alpha value is -2.63. The van der Waals surface area contributed by atoms with E-state index in [1.54, 1.807) is 0 Å². The first-order chi connectivity index (χ1) is 14.0. The summed E-state index contributed by atoms with van der Waals surface area (Å²) in [6.45, 7) is 6.76. The molecule has 0 radical (unpaired) electrons. The number of aryl methyl sites for hydroxylation is 2. The number of fused-ring (bicyclic) bond motifs is 1. The molecule has 0 spiro atoms. The monoisotopic (exact) mass is 392 g/mol. The van der Waals surface area contributed by atoms with Crippen LogP contribution in [0.25, 0.3) is 10.9 Å². The van der Waals surface area contributed by atoms with Crippen molar-refractivity contribution in [2.75, 3.05) is 13.2 Å². The third kappa shape index (κ3) is 4.07. The summed E-state index contributed by atoms with van der Waals surface area (Å²) in [5.41, 5.74) is 5.66. The molecule has 0 aliphatic carbocycles. The molecule has 5 heteroatoms. The standard InChI is InChI=1S/C24H28N2O3/c1-16-9-10-17(2)18(12-16)15-26-22-8-4-3-7-20(22)21(23(26)24(27)28)14-25-13-19-6-5-11-29-19/h3-4,7-10,12,19,25H,5-6,11,13-15H2,1-2H3,(H,27,28)/t19-/m1/s1. The van der Waals surface area contributed by atoms with Crippen LogP contribution in [0.1, 0.15) is 45.6 Å². The predicted octanol–water partition coefficient (Wildman–Crippen LogP) is 4.27. The first-order valence-electron chi connectivity index (χ1n) is 10.3. The third-order valence-corrected chi connectivity index (χ3v) is 5.81. The first kappa shape index (κ1) is 19.7. The average Bonchev–Trinajstić information content (AvgIpc) is 3.32. The van der Waals surface area contributed by atoms with Crippen molar-refractivity contribution in [3.05, 3.63) is 70.4 Å². The highest BCUT2D eigenvalue weighted by atomic mass is 16.5. The Morgan fingerprint density at radius 3 is 2.83 bits per heavy atom. The normalized spacial score (nSPS) is 16.6. The van der Waals surface area contributed by atoms with Crippen molar-refractivity contribution in [1.29, 1.82) is 0 Å². The number of rotatable bonds is 7. The van der Waals surface area contributed by atoms with Gasteiger partial charge in [0.1, 0.15) is 5.69 Å². The van der Waals surface area contributed by atoms with E-state index in [1.165, 1.54) is 11.1 Å². The van der Waals surface area contributed by atoms with Crippen LogP contribution >= 0.6 is 0 Å². The van der Waals surface area contributed by atoms with Crippen molar-refractivity contribution in [2.45, 2.75) is 45.9 Å². The van der Waals surface area contributed by atoms with Gasteiger partial charge < -0.3 is 19.7 Å². The van der Waals surface area contributed by atoms with Gasteiger partial charge in [-0.3, -0.25) is 0 Å². The van der Waals surface area contributed by atoms with Crippen molar-refractivity contribution >= 4 is 16.9 Å². The summed E-state index contributed by atoms with van der Waals surface area (Å²) in [5, 5.41) is 14.5. The summed E-state index contributed by atoms with van der Waals surface area (Å²) < 4.78 is 7.63. The minimum absolute atomic E-state index is 0.228. The first-order valence-corrected chi connectivity index (χ1v) is 10.3. The zero-order valence-electron chi connectivity index (χ0n) is 17.1. The summed E-state index contributed by atoms with van der Waals surface area (Å²) in [5.74, 6) is -0.888. The molecule has 1 aliphatic heterocycles. The molecule has 0 amide bonds. The van der Waals surface area contributed by atoms with Crippen molar-refractivity contribution in [2.24, 2.45) is 0 Å². The van der Waals surface area contributed by atoms with Gasteiger partial charge in [-0.15, -0.1) is 0 Å². The van der Waals surface area contributed by atoms with Gasteiger partial charge in [-0.25, -0.2) is 4.79 Å². The number of carbonyl (C=O) groups is 1. The fourth-order valence-electron chi connectivity index (χ4n) is 4.27. The highest BCUT2D eigenvalue weighted by Gasteiger charge is 2.23. The second-order valence-corrected chi connectivity index (χ2v) is 7.93. The van der Waals surface area contributed by atoms with Gasteiger partial charge in [-0.2, -0.15) is 0 Å². The number of hydrogen-bond acceptors (Lipinski definition) is 3. The second-order valence-electron chi connectivity index (χ2n) is 7.93. The Morgan fingerprint density at radius 1 is 1.24 bits per heavy atom. The van der Waals surface area contributed by atoms with Crippen molar-refractivity contribution < 1.29 is 14.6 Å². The minimum atomic E-state index is -0.888. The summed E-state index contributed by atoms with van der Waals surface area (Å²) in [4.78, 5) is 12.3. The maximum absolute atomic E-state index is 12.3. The molecule has 0 unspecified atom stereocenters. The van der Waals surface area contributed by atoms with Gasteiger partial charge in [0.05, 0.1) is 6.10 Å². The lowest BCUT2D eigenvalue weighted by molar-refractivity contribution is 0.0684. The molecule has 3 aromatic rings.